The molecule has 2 aromatic carbocycles. The number of carbonyl (C=O) groups excluding carboxylic acids is 3. The monoisotopic (exact) mass is 481 g/mol. The maximum Gasteiger partial charge on any atom is 0.339 e. The van der Waals surface area contributed by atoms with Crippen LogP contribution in [0.15, 0.2) is 63.9 Å². The van der Waals surface area contributed by atoms with Crippen molar-refractivity contribution in [1.82, 2.24) is 4.90 Å². The first-order valence-corrected chi connectivity index (χ1v) is 11.4. The Bertz CT molecular complexity index is 1260. The van der Waals surface area contributed by atoms with Gasteiger partial charge in [0.05, 0.1) is 28.6 Å². The number of imide groups is 1. The van der Waals surface area contributed by atoms with Crippen LogP contribution in [0.2, 0.25) is 5.02 Å². The number of hydrogen-bond acceptors (Lipinski definition) is 6. The van der Waals surface area contributed by atoms with Crippen molar-refractivity contribution in [1.29, 1.82) is 0 Å². The fourth-order valence-corrected chi connectivity index (χ4v) is 4.28. The highest BCUT2D eigenvalue weighted by Crippen LogP contribution is 2.34. The molecule has 0 bridgehead atoms. The van der Waals surface area contributed by atoms with Crippen LogP contribution < -0.4 is 0 Å². The minimum Gasteiger partial charge on any atom is -0.462 e. The molecule has 1 aliphatic heterocycles. The van der Waals surface area contributed by atoms with Gasteiger partial charge in [0.2, 0.25) is 0 Å². The minimum absolute atomic E-state index is 0.215. The van der Waals surface area contributed by atoms with Crippen LogP contribution in [0.25, 0.3) is 17.4 Å². The van der Waals surface area contributed by atoms with Crippen molar-refractivity contribution in [2.45, 2.75) is 20.4 Å². The predicted octanol–water partition coefficient (Wildman–Crippen LogP) is 6.32. The van der Waals surface area contributed by atoms with Crippen molar-refractivity contribution in [2.75, 3.05) is 6.61 Å². The van der Waals surface area contributed by atoms with Crippen molar-refractivity contribution in [2.24, 2.45) is 0 Å². The van der Waals surface area contributed by atoms with E-state index in [2.05, 4.69) is 0 Å². The standard InChI is InChI=1S/C25H20ClNO5S/c1-3-31-24(29)19-12-17(8-10-20(19)26)21-11-9-18(32-21)13-22-23(28)27(25(30)33-22)14-16-6-4-15(2)5-7-16/h4-13H,3,14H2,1-2H3/b22-13+. The number of hydrogen-bond donors (Lipinski definition) is 0. The van der Waals surface area contributed by atoms with E-state index in [1.165, 1.54) is 4.90 Å². The van der Waals surface area contributed by atoms with Gasteiger partial charge < -0.3 is 9.15 Å². The summed E-state index contributed by atoms with van der Waals surface area (Å²) in [4.78, 5) is 38.8. The minimum atomic E-state index is -0.515. The summed E-state index contributed by atoms with van der Waals surface area (Å²) in [5.74, 6) is 0.0267. The Labute approximate surface area is 200 Å². The molecular formula is C25H20ClNO5S. The first-order chi connectivity index (χ1) is 15.9. The highest BCUT2D eigenvalue weighted by molar-refractivity contribution is 8.18. The second-order valence-electron chi connectivity index (χ2n) is 7.37. The number of benzene rings is 2. The Hall–Kier alpha value is -3.29. The van der Waals surface area contributed by atoms with Crippen LogP contribution in [0.1, 0.15) is 34.2 Å². The van der Waals surface area contributed by atoms with Crippen molar-refractivity contribution in [3.05, 3.63) is 87.0 Å². The Kier molecular flexibility index (Phi) is 6.72. The van der Waals surface area contributed by atoms with Crippen molar-refractivity contribution in [3.63, 3.8) is 0 Å². The SMILES string of the molecule is CCOC(=O)c1cc(-c2ccc(/C=C3/SC(=O)N(Cc4ccc(C)cc4)C3=O)o2)ccc1Cl. The maximum absolute atomic E-state index is 12.8. The van der Waals surface area contributed by atoms with Gasteiger partial charge in [0.25, 0.3) is 11.1 Å². The molecule has 0 atom stereocenters. The number of rotatable bonds is 6. The second kappa shape index (κ2) is 9.68. The van der Waals surface area contributed by atoms with Crippen LogP contribution in [0.5, 0.6) is 0 Å². The molecule has 8 heteroatoms. The van der Waals surface area contributed by atoms with E-state index in [1.807, 2.05) is 31.2 Å². The molecule has 1 aromatic heterocycles. The van der Waals surface area contributed by atoms with Crippen molar-refractivity contribution in [3.8, 4) is 11.3 Å². The van der Waals surface area contributed by atoms with Crippen LogP contribution in [-0.2, 0) is 16.1 Å². The smallest absolute Gasteiger partial charge is 0.339 e. The predicted molar refractivity (Wildman–Crippen MR) is 128 cm³/mol. The van der Waals surface area contributed by atoms with E-state index < -0.39 is 5.97 Å². The molecule has 2 amide bonds. The lowest BCUT2D eigenvalue weighted by atomic mass is 10.1. The summed E-state index contributed by atoms with van der Waals surface area (Å²) in [6, 6.07) is 16.0. The summed E-state index contributed by atoms with van der Waals surface area (Å²) in [6.45, 7) is 4.15. The highest BCUT2D eigenvalue weighted by atomic mass is 35.5. The summed E-state index contributed by atoms with van der Waals surface area (Å²) in [5.41, 5.74) is 2.86. The molecule has 0 aliphatic carbocycles. The van der Waals surface area contributed by atoms with Gasteiger partial charge in [-0.25, -0.2) is 4.79 Å². The van der Waals surface area contributed by atoms with Gasteiger partial charge in [-0.1, -0.05) is 41.4 Å². The Morgan fingerprint density at radius 1 is 1.12 bits per heavy atom. The van der Waals surface area contributed by atoms with Gasteiger partial charge in [-0.3, -0.25) is 14.5 Å². The first-order valence-electron chi connectivity index (χ1n) is 10.2. The first kappa shape index (κ1) is 22.9. The average Bonchev–Trinajstić information content (AvgIpc) is 3.36. The molecular weight excluding hydrogens is 462 g/mol. The van der Waals surface area contributed by atoms with Gasteiger partial charge in [0, 0.05) is 11.6 Å². The molecule has 0 radical (unpaired) electrons. The third kappa shape index (κ3) is 5.05. The largest absolute Gasteiger partial charge is 0.462 e. The van der Waals surface area contributed by atoms with E-state index >= 15 is 0 Å². The molecule has 0 saturated carbocycles. The number of carbonyl (C=O) groups is 3. The van der Waals surface area contributed by atoms with E-state index in [0.29, 0.717) is 17.1 Å². The molecule has 0 spiro atoms. The van der Waals surface area contributed by atoms with Crippen LogP contribution in [0.4, 0.5) is 4.79 Å². The van der Waals surface area contributed by atoms with Gasteiger partial charge in [-0.2, -0.15) is 0 Å². The zero-order valence-corrected chi connectivity index (χ0v) is 19.5. The lowest BCUT2D eigenvalue weighted by Gasteiger charge is -2.12. The van der Waals surface area contributed by atoms with E-state index in [9.17, 15) is 14.4 Å². The highest BCUT2D eigenvalue weighted by Gasteiger charge is 2.35. The third-order valence-electron chi connectivity index (χ3n) is 4.98. The maximum atomic E-state index is 12.8. The van der Waals surface area contributed by atoms with Gasteiger partial charge in [0.15, 0.2) is 0 Å². The molecule has 1 fully saturated rings. The molecule has 0 unspecified atom stereocenters. The third-order valence-corrected chi connectivity index (χ3v) is 6.22. The zero-order chi connectivity index (χ0) is 23.5. The number of esters is 1. The van der Waals surface area contributed by atoms with Crippen LogP contribution in [-0.4, -0.2) is 28.6 Å². The number of amides is 2. The molecule has 0 N–H and O–H groups in total. The number of thioether (sulfide) groups is 1. The van der Waals surface area contributed by atoms with Crippen molar-refractivity contribution >= 4 is 46.6 Å². The average molecular weight is 482 g/mol. The Morgan fingerprint density at radius 2 is 1.88 bits per heavy atom. The fraction of sp³-hybridized carbons (Fsp3) is 0.160. The molecule has 1 aliphatic rings. The van der Waals surface area contributed by atoms with Crippen LogP contribution in [0, 0.1) is 6.92 Å². The molecule has 33 heavy (non-hydrogen) atoms. The quantitative estimate of drug-likeness (QED) is 0.303. The summed E-state index contributed by atoms with van der Waals surface area (Å²) < 4.78 is 10.9. The summed E-state index contributed by atoms with van der Waals surface area (Å²) in [7, 11) is 0. The van der Waals surface area contributed by atoms with Gasteiger partial charge in [-0.05, 0) is 61.5 Å². The molecule has 2 heterocycles. The summed E-state index contributed by atoms with van der Waals surface area (Å²) in [5, 5.41) is -0.0402. The van der Waals surface area contributed by atoms with Crippen LogP contribution in [0.3, 0.4) is 0 Å². The van der Waals surface area contributed by atoms with Crippen LogP contribution >= 0.6 is 23.4 Å². The van der Waals surface area contributed by atoms with Crippen molar-refractivity contribution < 1.29 is 23.5 Å². The lowest BCUT2D eigenvalue weighted by Crippen LogP contribution is -2.27. The lowest BCUT2D eigenvalue weighted by molar-refractivity contribution is -0.123. The molecule has 4 rings (SSSR count). The van der Waals surface area contributed by atoms with E-state index in [4.69, 9.17) is 20.8 Å². The molecule has 168 valence electrons. The van der Waals surface area contributed by atoms with E-state index in [-0.39, 0.29) is 39.8 Å². The summed E-state index contributed by atoms with van der Waals surface area (Å²) >= 11 is 7.00. The van der Waals surface area contributed by atoms with Gasteiger partial charge in [0.1, 0.15) is 11.5 Å². The Balaban J connectivity index is 1.53. The molecule has 1 saturated heterocycles. The normalized spacial score (nSPS) is 14.9. The van der Waals surface area contributed by atoms with E-state index in [0.717, 1.165) is 22.9 Å². The van der Waals surface area contributed by atoms with Gasteiger partial charge in [-0.15, -0.1) is 0 Å². The number of ether oxygens (including phenoxy) is 1. The van der Waals surface area contributed by atoms with E-state index in [1.54, 1.807) is 43.3 Å². The topological polar surface area (TPSA) is 76.8 Å². The number of nitrogens with zero attached hydrogens (tertiary/aromatic N) is 1. The Morgan fingerprint density at radius 3 is 2.61 bits per heavy atom. The summed E-state index contributed by atoms with van der Waals surface area (Å²) in [6.07, 6.45) is 1.55. The molecule has 3 aromatic rings. The van der Waals surface area contributed by atoms with Gasteiger partial charge >= 0.3 is 5.97 Å². The number of furan rings is 1. The second-order valence-corrected chi connectivity index (χ2v) is 8.77. The zero-order valence-electron chi connectivity index (χ0n) is 18.0. The fourth-order valence-electron chi connectivity index (χ4n) is 3.27. The number of halogens is 1. The number of aryl methyl sites for hydroxylation is 1. The molecule has 6 nitrogen and oxygen atoms in total.